The third kappa shape index (κ3) is 5.23. The molecule has 0 aromatic carbocycles. The molecule has 1 rings (SSSR count). The van der Waals surface area contributed by atoms with Crippen molar-refractivity contribution in [3.05, 3.63) is 24.0 Å². The molecular weight excluding hydrogens is 262 g/mol. The zero-order valence-electron chi connectivity index (χ0n) is 11.5. The summed E-state index contributed by atoms with van der Waals surface area (Å²) in [5, 5.41) is 14.1. The Morgan fingerprint density at radius 2 is 2.20 bits per heavy atom. The molecule has 0 saturated heterocycles. The summed E-state index contributed by atoms with van der Waals surface area (Å²) in [6.07, 6.45) is 3.05. The number of urea groups is 1. The van der Waals surface area contributed by atoms with Gasteiger partial charge in [0.25, 0.3) is 0 Å². The van der Waals surface area contributed by atoms with Crippen molar-refractivity contribution in [2.75, 3.05) is 19.0 Å². The fourth-order valence-electron chi connectivity index (χ4n) is 1.69. The van der Waals surface area contributed by atoms with E-state index in [4.69, 9.17) is 9.84 Å². The number of aromatic nitrogens is 1. The molecule has 0 fully saturated rings. The summed E-state index contributed by atoms with van der Waals surface area (Å²) in [5.74, 6) is -1.11. The Morgan fingerprint density at radius 3 is 2.70 bits per heavy atom. The molecule has 3 N–H and O–H groups in total. The van der Waals surface area contributed by atoms with Gasteiger partial charge in [0, 0.05) is 7.11 Å². The van der Waals surface area contributed by atoms with Crippen molar-refractivity contribution in [3.63, 3.8) is 0 Å². The van der Waals surface area contributed by atoms with Crippen LogP contribution in [0.15, 0.2) is 18.3 Å². The Labute approximate surface area is 117 Å². The molecule has 0 aliphatic heterocycles. The lowest BCUT2D eigenvalue weighted by Crippen LogP contribution is -2.40. The first-order chi connectivity index (χ1) is 9.56. The third-order valence-corrected chi connectivity index (χ3v) is 2.58. The van der Waals surface area contributed by atoms with Crippen LogP contribution in [0, 0.1) is 0 Å². The summed E-state index contributed by atoms with van der Waals surface area (Å²) in [4.78, 5) is 26.1. The highest BCUT2D eigenvalue weighted by Gasteiger charge is 2.11. The van der Waals surface area contributed by atoms with Crippen molar-refractivity contribution in [3.8, 4) is 0 Å². The maximum absolute atomic E-state index is 11.8. The molecule has 0 spiro atoms. The van der Waals surface area contributed by atoms with Crippen LogP contribution in [0.5, 0.6) is 0 Å². The van der Waals surface area contributed by atoms with Crippen LogP contribution in [0.25, 0.3) is 0 Å². The molecule has 1 unspecified atom stereocenters. The van der Waals surface area contributed by atoms with E-state index in [1.807, 2.05) is 6.92 Å². The molecular formula is C13H19N3O4. The smallest absolute Gasteiger partial charge is 0.354 e. The highest BCUT2D eigenvalue weighted by atomic mass is 16.5. The minimum absolute atomic E-state index is 0.0590. The Bertz CT molecular complexity index is 441. The first-order valence-corrected chi connectivity index (χ1v) is 6.32. The molecule has 7 heteroatoms. The van der Waals surface area contributed by atoms with Crippen LogP contribution in [0.4, 0.5) is 10.5 Å². The number of rotatable bonds is 7. The lowest BCUT2D eigenvalue weighted by Gasteiger charge is -2.17. The average Bonchev–Trinajstić information content (AvgIpc) is 2.39. The van der Waals surface area contributed by atoms with Crippen LogP contribution in [0.2, 0.25) is 0 Å². The monoisotopic (exact) mass is 281 g/mol. The molecule has 1 aromatic heterocycles. The molecule has 0 radical (unpaired) electrons. The fourth-order valence-corrected chi connectivity index (χ4v) is 1.69. The molecule has 0 bridgehead atoms. The van der Waals surface area contributed by atoms with Gasteiger partial charge < -0.3 is 20.5 Å². The maximum Gasteiger partial charge on any atom is 0.354 e. The highest BCUT2D eigenvalue weighted by Crippen LogP contribution is 2.06. The highest BCUT2D eigenvalue weighted by molar-refractivity contribution is 5.90. The molecule has 1 atom stereocenters. The van der Waals surface area contributed by atoms with Crippen molar-refractivity contribution in [2.24, 2.45) is 0 Å². The van der Waals surface area contributed by atoms with Gasteiger partial charge in [-0.05, 0) is 18.6 Å². The minimum Gasteiger partial charge on any atom is -0.477 e. The van der Waals surface area contributed by atoms with E-state index < -0.39 is 5.97 Å². The van der Waals surface area contributed by atoms with Crippen molar-refractivity contribution in [1.82, 2.24) is 10.3 Å². The van der Waals surface area contributed by atoms with E-state index in [-0.39, 0.29) is 17.8 Å². The second-order valence-electron chi connectivity index (χ2n) is 4.28. The number of carboxylic acid groups (broad SMARTS) is 1. The lowest BCUT2D eigenvalue weighted by atomic mass is 10.2. The maximum atomic E-state index is 11.8. The van der Waals surface area contributed by atoms with Crippen LogP contribution in [0.3, 0.4) is 0 Å². The van der Waals surface area contributed by atoms with Gasteiger partial charge in [0.15, 0.2) is 0 Å². The van der Waals surface area contributed by atoms with E-state index in [9.17, 15) is 9.59 Å². The Hall–Kier alpha value is -2.15. The quantitative estimate of drug-likeness (QED) is 0.706. The molecule has 7 nitrogen and oxygen atoms in total. The van der Waals surface area contributed by atoms with E-state index in [2.05, 4.69) is 15.6 Å². The van der Waals surface area contributed by atoms with Gasteiger partial charge in [-0.15, -0.1) is 0 Å². The number of carbonyl (C=O) groups is 2. The molecule has 0 aliphatic carbocycles. The first kappa shape index (κ1) is 15.9. The summed E-state index contributed by atoms with van der Waals surface area (Å²) >= 11 is 0. The topological polar surface area (TPSA) is 101 Å². The Kier molecular flexibility index (Phi) is 6.45. The van der Waals surface area contributed by atoms with Crippen molar-refractivity contribution < 1.29 is 19.4 Å². The number of ether oxygens (including phenoxy) is 1. The van der Waals surface area contributed by atoms with E-state index in [0.29, 0.717) is 12.3 Å². The second kappa shape index (κ2) is 8.11. The van der Waals surface area contributed by atoms with Gasteiger partial charge in [-0.3, -0.25) is 0 Å². The van der Waals surface area contributed by atoms with Gasteiger partial charge in [0.1, 0.15) is 5.69 Å². The van der Waals surface area contributed by atoms with Crippen molar-refractivity contribution >= 4 is 17.7 Å². The number of hydrogen-bond donors (Lipinski definition) is 3. The van der Waals surface area contributed by atoms with Gasteiger partial charge in [0.2, 0.25) is 0 Å². The van der Waals surface area contributed by atoms with E-state index in [1.165, 1.54) is 18.3 Å². The number of carbonyl (C=O) groups excluding carboxylic acids is 1. The number of nitrogens with zero attached hydrogens (tertiary/aromatic N) is 1. The van der Waals surface area contributed by atoms with Crippen molar-refractivity contribution in [1.29, 1.82) is 0 Å². The van der Waals surface area contributed by atoms with Crippen LogP contribution in [-0.2, 0) is 4.74 Å². The summed E-state index contributed by atoms with van der Waals surface area (Å²) in [6.45, 7) is 2.47. The number of methoxy groups -OCH3 is 1. The SMILES string of the molecule is CCCC(COC)NC(=O)Nc1ccc(C(=O)O)nc1. The molecule has 0 saturated carbocycles. The van der Waals surface area contributed by atoms with E-state index in [0.717, 1.165) is 12.8 Å². The molecule has 0 aliphatic rings. The molecule has 20 heavy (non-hydrogen) atoms. The minimum atomic E-state index is -1.11. The van der Waals surface area contributed by atoms with Crippen LogP contribution >= 0.6 is 0 Å². The Morgan fingerprint density at radius 1 is 1.45 bits per heavy atom. The first-order valence-electron chi connectivity index (χ1n) is 6.32. The largest absolute Gasteiger partial charge is 0.477 e. The number of nitrogens with one attached hydrogen (secondary N) is 2. The zero-order valence-corrected chi connectivity index (χ0v) is 11.5. The van der Waals surface area contributed by atoms with E-state index >= 15 is 0 Å². The summed E-state index contributed by atoms with van der Waals surface area (Å²) in [5.41, 5.74) is 0.361. The average molecular weight is 281 g/mol. The van der Waals surface area contributed by atoms with Crippen LogP contribution in [-0.4, -0.2) is 41.8 Å². The number of anilines is 1. The van der Waals surface area contributed by atoms with Crippen molar-refractivity contribution in [2.45, 2.75) is 25.8 Å². The lowest BCUT2D eigenvalue weighted by molar-refractivity contribution is 0.0690. The van der Waals surface area contributed by atoms with E-state index in [1.54, 1.807) is 7.11 Å². The van der Waals surface area contributed by atoms with Crippen LogP contribution < -0.4 is 10.6 Å². The zero-order chi connectivity index (χ0) is 15.0. The number of hydrogen-bond acceptors (Lipinski definition) is 4. The fraction of sp³-hybridized carbons (Fsp3) is 0.462. The summed E-state index contributed by atoms with van der Waals surface area (Å²) in [7, 11) is 1.58. The van der Waals surface area contributed by atoms with Crippen LogP contribution in [0.1, 0.15) is 30.3 Å². The number of aromatic carboxylic acids is 1. The predicted molar refractivity (Wildman–Crippen MR) is 73.9 cm³/mol. The summed E-state index contributed by atoms with van der Waals surface area (Å²) in [6, 6.07) is 2.39. The number of carboxylic acids is 1. The summed E-state index contributed by atoms with van der Waals surface area (Å²) < 4.78 is 5.03. The number of pyridine rings is 1. The van der Waals surface area contributed by atoms with Gasteiger partial charge >= 0.3 is 12.0 Å². The van der Waals surface area contributed by atoms with Gasteiger partial charge in [-0.25, -0.2) is 14.6 Å². The second-order valence-corrected chi connectivity index (χ2v) is 4.28. The molecule has 1 aromatic rings. The molecule has 1 heterocycles. The van der Waals surface area contributed by atoms with Gasteiger partial charge in [-0.2, -0.15) is 0 Å². The third-order valence-electron chi connectivity index (χ3n) is 2.58. The Balaban J connectivity index is 2.54. The molecule has 2 amide bonds. The van der Waals surface area contributed by atoms with Gasteiger partial charge in [0.05, 0.1) is 24.5 Å². The predicted octanol–water partition coefficient (Wildman–Crippen LogP) is 1.72. The van der Waals surface area contributed by atoms with Gasteiger partial charge in [-0.1, -0.05) is 13.3 Å². The molecule has 110 valence electrons. The normalized spacial score (nSPS) is 11.7. The standard InChI is InChI=1S/C13H19N3O4/c1-3-4-10(8-20-2)16-13(19)15-9-5-6-11(12(17)18)14-7-9/h5-7,10H,3-4,8H2,1-2H3,(H,17,18)(H2,15,16,19). The number of amides is 2.